The van der Waals surface area contributed by atoms with Gasteiger partial charge < -0.3 is 14.5 Å². The maximum Gasteiger partial charge on any atom is 0.361 e. The monoisotopic (exact) mass is 382 g/mol. The number of amides is 1. The molecule has 1 heterocycles. The van der Waals surface area contributed by atoms with Gasteiger partial charge in [-0.25, -0.2) is 9.78 Å². The highest BCUT2D eigenvalue weighted by molar-refractivity contribution is 5.91. The summed E-state index contributed by atoms with van der Waals surface area (Å²) in [6.45, 7) is 3.76. The van der Waals surface area contributed by atoms with Gasteiger partial charge in [-0.2, -0.15) is 0 Å². The second kappa shape index (κ2) is 9.35. The first kappa shape index (κ1) is 19.9. The third kappa shape index (κ3) is 5.09. The molecule has 1 atom stereocenters. The van der Waals surface area contributed by atoms with Crippen LogP contribution in [0.3, 0.4) is 0 Å². The lowest BCUT2D eigenvalue weighted by molar-refractivity contribution is -0.129. The Bertz CT molecular complexity index is 855. The molecule has 0 saturated heterocycles. The Morgan fingerprint density at radius 2 is 2.04 bits per heavy atom. The molecule has 0 bridgehead atoms. The lowest BCUT2D eigenvalue weighted by Crippen LogP contribution is -2.36. The van der Waals surface area contributed by atoms with Crippen LogP contribution in [0.25, 0.3) is 11.5 Å². The van der Waals surface area contributed by atoms with E-state index in [4.69, 9.17) is 9.15 Å². The number of nitrogens with zero attached hydrogens (tertiary/aromatic N) is 1. The van der Waals surface area contributed by atoms with Crippen LogP contribution in [-0.2, 0) is 9.53 Å². The van der Waals surface area contributed by atoms with Crippen molar-refractivity contribution >= 4 is 11.9 Å². The summed E-state index contributed by atoms with van der Waals surface area (Å²) in [5.41, 5.74) is 2.25. The zero-order valence-corrected chi connectivity index (χ0v) is 16.4. The first-order valence-corrected chi connectivity index (χ1v) is 9.74. The maximum absolute atomic E-state index is 12.4. The highest BCUT2D eigenvalue weighted by Crippen LogP contribution is 2.22. The molecule has 28 heavy (non-hydrogen) atoms. The number of hydrogen-bond acceptors (Lipinski definition) is 5. The van der Waals surface area contributed by atoms with Crippen LogP contribution in [0.4, 0.5) is 0 Å². The molecule has 0 fully saturated rings. The van der Waals surface area contributed by atoms with E-state index in [-0.39, 0.29) is 11.6 Å². The van der Waals surface area contributed by atoms with Crippen LogP contribution in [0.15, 0.2) is 46.4 Å². The van der Waals surface area contributed by atoms with Crippen LogP contribution < -0.4 is 5.32 Å². The molecule has 0 aliphatic heterocycles. The Labute approximate surface area is 165 Å². The third-order valence-electron chi connectivity index (χ3n) is 4.79. The molecular formula is C22H26N2O4. The molecule has 0 saturated carbocycles. The number of carbonyl (C=O) groups is 2. The summed E-state index contributed by atoms with van der Waals surface area (Å²) in [5, 5.41) is 2.83. The minimum absolute atomic E-state index is 0.0888. The van der Waals surface area contributed by atoms with Gasteiger partial charge in [0.15, 0.2) is 11.8 Å². The van der Waals surface area contributed by atoms with E-state index in [2.05, 4.69) is 16.4 Å². The average molecular weight is 382 g/mol. The predicted molar refractivity (Wildman–Crippen MR) is 106 cm³/mol. The zero-order valence-electron chi connectivity index (χ0n) is 16.4. The lowest BCUT2D eigenvalue weighted by atomic mass is 9.97. The van der Waals surface area contributed by atoms with Gasteiger partial charge in [0.05, 0.1) is 0 Å². The van der Waals surface area contributed by atoms with Crippen molar-refractivity contribution in [2.75, 3.05) is 6.54 Å². The number of oxazole rings is 1. The standard InChI is InChI=1S/C22H26N2O4/c1-15-19(24-21(27-15)18-11-7-4-8-12-18)22(26)28-16(2)20(25)23-14-13-17-9-5-3-6-10-17/h4,7-9,11-12,16H,3,5-6,10,13-14H2,1-2H3,(H,23,25)/t16-/m1/s1. The van der Waals surface area contributed by atoms with Gasteiger partial charge >= 0.3 is 5.97 Å². The van der Waals surface area contributed by atoms with Gasteiger partial charge in [-0.3, -0.25) is 4.79 Å². The van der Waals surface area contributed by atoms with Crippen molar-refractivity contribution in [2.45, 2.75) is 52.1 Å². The summed E-state index contributed by atoms with van der Waals surface area (Å²) in [7, 11) is 0. The van der Waals surface area contributed by atoms with Gasteiger partial charge in [0, 0.05) is 12.1 Å². The summed E-state index contributed by atoms with van der Waals surface area (Å²) in [6.07, 6.45) is 6.90. The number of nitrogens with one attached hydrogen (secondary N) is 1. The third-order valence-corrected chi connectivity index (χ3v) is 4.79. The molecule has 0 unspecified atom stereocenters. The quantitative estimate of drug-likeness (QED) is 0.573. The highest BCUT2D eigenvalue weighted by atomic mass is 16.5. The van der Waals surface area contributed by atoms with E-state index >= 15 is 0 Å². The van der Waals surface area contributed by atoms with Gasteiger partial charge in [0.2, 0.25) is 5.89 Å². The minimum Gasteiger partial charge on any atom is -0.448 e. The molecule has 2 aromatic rings. The summed E-state index contributed by atoms with van der Waals surface area (Å²) in [6, 6.07) is 9.31. The number of allylic oxidation sites excluding steroid dienone is 1. The van der Waals surface area contributed by atoms with Crippen molar-refractivity contribution in [2.24, 2.45) is 0 Å². The first-order chi connectivity index (χ1) is 13.5. The normalized spacial score (nSPS) is 14.9. The number of aromatic nitrogens is 1. The van der Waals surface area contributed by atoms with Gasteiger partial charge in [0.25, 0.3) is 5.91 Å². The van der Waals surface area contributed by atoms with Crippen molar-refractivity contribution in [1.29, 1.82) is 0 Å². The molecule has 1 aliphatic carbocycles. The number of esters is 1. The predicted octanol–water partition coefficient (Wildman–Crippen LogP) is 4.20. The van der Waals surface area contributed by atoms with Crippen molar-refractivity contribution in [3.8, 4) is 11.5 Å². The Hall–Kier alpha value is -2.89. The molecule has 1 amide bonds. The zero-order chi connectivity index (χ0) is 19.9. The molecule has 6 heteroatoms. The van der Waals surface area contributed by atoms with Crippen LogP contribution in [0.5, 0.6) is 0 Å². The Balaban J connectivity index is 1.53. The van der Waals surface area contributed by atoms with E-state index in [1.165, 1.54) is 18.4 Å². The van der Waals surface area contributed by atoms with Gasteiger partial charge in [-0.05, 0) is 58.1 Å². The fourth-order valence-corrected chi connectivity index (χ4v) is 3.18. The van der Waals surface area contributed by atoms with Gasteiger partial charge in [-0.15, -0.1) is 0 Å². The van der Waals surface area contributed by atoms with Crippen molar-refractivity contribution in [1.82, 2.24) is 10.3 Å². The SMILES string of the molecule is Cc1oc(-c2ccccc2)nc1C(=O)O[C@H](C)C(=O)NCCC1=CCCCC1. The fourth-order valence-electron chi connectivity index (χ4n) is 3.18. The molecule has 1 aromatic heterocycles. The van der Waals surface area contributed by atoms with E-state index in [9.17, 15) is 9.59 Å². The second-order valence-electron chi connectivity index (χ2n) is 6.99. The van der Waals surface area contributed by atoms with Crippen molar-refractivity contribution in [3.63, 3.8) is 0 Å². The molecule has 3 rings (SSSR count). The van der Waals surface area contributed by atoms with Crippen molar-refractivity contribution < 1.29 is 18.7 Å². The minimum atomic E-state index is -0.899. The van der Waals surface area contributed by atoms with Crippen LogP contribution in [0, 0.1) is 6.92 Å². The summed E-state index contributed by atoms with van der Waals surface area (Å²) >= 11 is 0. The van der Waals surface area contributed by atoms with Gasteiger partial charge in [0.1, 0.15) is 5.76 Å². The first-order valence-electron chi connectivity index (χ1n) is 9.74. The number of rotatable bonds is 7. The fraction of sp³-hybridized carbons (Fsp3) is 0.409. The molecule has 0 radical (unpaired) electrons. The van der Waals surface area contributed by atoms with Crippen molar-refractivity contribution in [3.05, 3.63) is 53.4 Å². The molecule has 148 valence electrons. The second-order valence-corrected chi connectivity index (χ2v) is 6.99. The van der Waals surface area contributed by atoms with E-state index in [0.29, 0.717) is 18.2 Å². The molecule has 0 spiro atoms. The maximum atomic E-state index is 12.4. The largest absolute Gasteiger partial charge is 0.448 e. The van der Waals surface area contributed by atoms with Crippen LogP contribution >= 0.6 is 0 Å². The molecular weight excluding hydrogens is 356 g/mol. The van der Waals surface area contributed by atoms with E-state index in [0.717, 1.165) is 24.8 Å². The number of aryl methyl sites for hydroxylation is 1. The smallest absolute Gasteiger partial charge is 0.361 e. The van der Waals surface area contributed by atoms with E-state index < -0.39 is 12.1 Å². The number of hydrogen-bond donors (Lipinski definition) is 1. The van der Waals surface area contributed by atoms with E-state index in [1.54, 1.807) is 13.8 Å². The summed E-state index contributed by atoms with van der Waals surface area (Å²) < 4.78 is 10.9. The molecule has 1 aliphatic rings. The lowest BCUT2D eigenvalue weighted by Gasteiger charge is -2.15. The Morgan fingerprint density at radius 1 is 1.25 bits per heavy atom. The number of carbonyl (C=O) groups excluding carboxylic acids is 2. The van der Waals surface area contributed by atoms with Crippen LogP contribution in [0.2, 0.25) is 0 Å². The Kier molecular flexibility index (Phi) is 6.63. The average Bonchev–Trinajstić information content (AvgIpc) is 3.11. The topological polar surface area (TPSA) is 81.4 Å². The molecule has 1 aromatic carbocycles. The summed E-state index contributed by atoms with van der Waals surface area (Å²) in [5.74, 6) is -0.265. The van der Waals surface area contributed by atoms with Gasteiger partial charge in [-0.1, -0.05) is 29.8 Å². The van der Waals surface area contributed by atoms with E-state index in [1.807, 2.05) is 30.3 Å². The highest BCUT2D eigenvalue weighted by Gasteiger charge is 2.24. The number of ether oxygens (including phenoxy) is 1. The number of benzene rings is 1. The summed E-state index contributed by atoms with van der Waals surface area (Å²) in [4.78, 5) is 28.9. The Morgan fingerprint density at radius 3 is 2.75 bits per heavy atom. The molecule has 6 nitrogen and oxygen atoms in total. The van der Waals surface area contributed by atoms with Crippen LogP contribution in [0.1, 0.15) is 55.3 Å². The molecule has 1 N–H and O–H groups in total. The van der Waals surface area contributed by atoms with Crippen LogP contribution in [-0.4, -0.2) is 29.5 Å².